The van der Waals surface area contributed by atoms with Crippen molar-refractivity contribution in [3.63, 3.8) is 0 Å². The van der Waals surface area contributed by atoms with Crippen LogP contribution in [0.3, 0.4) is 0 Å². The van der Waals surface area contributed by atoms with E-state index >= 15 is 0 Å². The van der Waals surface area contributed by atoms with Gasteiger partial charge in [0.1, 0.15) is 6.04 Å². The van der Waals surface area contributed by atoms with Crippen LogP contribution >= 0.6 is 0 Å². The van der Waals surface area contributed by atoms with Gasteiger partial charge in [-0.3, -0.25) is 4.79 Å². The van der Waals surface area contributed by atoms with E-state index in [0.717, 1.165) is 19.3 Å². The van der Waals surface area contributed by atoms with Gasteiger partial charge in [-0.25, -0.2) is 4.79 Å². The lowest BCUT2D eigenvalue weighted by molar-refractivity contribution is -0.136. The summed E-state index contributed by atoms with van der Waals surface area (Å²) >= 11 is 0. The molecule has 0 aromatic heterocycles. The summed E-state index contributed by atoms with van der Waals surface area (Å²) < 4.78 is 4.57. The number of hydrogen-bond acceptors (Lipinski definition) is 3. The second-order valence-electron chi connectivity index (χ2n) is 4.96. The van der Waals surface area contributed by atoms with E-state index in [1.165, 1.54) is 7.11 Å². The summed E-state index contributed by atoms with van der Waals surface area (Å²) in [4.78, 5) is 25.7. The standard InChI is InChI=1S/C13H20N2O3.C2H6/c1-9-7-8-10-5-3-4-6-11(12(16)15(9)10)14-13(17)18-2;1-2/h3-4,9-11H,5-8H2,1-2H3,(H,14,17);1-2H3/b4-3-;/t9-,10-,11+;/m1./s1. The topological polar surface area (TPSA) is 58.6 Å². The van der Waals surface area contributed by atoms with Gasteiger partial charge < -0.3 is 15.0 Å². The second-order valence-corrected chi connectivity index (χ2v) is 4.96. The Labute approximate surface area is 121 Å². The summed E-state index contributed by atoms with van der Waals surface area (Å²) in [5.41, 5.74) is 0. The normalized spacial score (nSPS) is 30.3. The van der Waals surface area contributed by atoms with Crippen molar-refractivity contribution >= 4 is 12.0 Å². The molecule has 0 saturated carbocycles. The van der Waals surface area contributed by atoms with E-state index in [4.69, 9.17) is 0 Å². The van der Waals surface area contributed by atoms with E-state index < -0.39 is 12.1 Å². The molecule has 0 radical (unpaired) electrons. The monoisotopic (exact) mass is 282 g/mol. The van der Waals surface area contributed by atoms with Gasteiger partial charge in [0.15, 0.2) is 0 Å². The molecule has 2 rings (SSSR count). The highest BCUT2D eigenvalue weighted by Crippen LogP contribution is 2.28. The molecule has 3 atom stereocenters. The minimum Gasteiger partial charge on any atom is -0.453 e. The second kappa shape index (κ2) is 7.92. The van der Waals surface area contributed by atoms with Crippen LogP contribution in [-0.2, 0) is 9.53 Å². The predicted molar refractivity (Wildman–Crippen MR) is 78.4 cm³/mol. The highest BCUT2D eigenvalue weighted by molar-refractivity contribution is 5.86. The zero-order valence-corrected chi connectivity index (χ0v) is 12.9. The lowest BCUT2D eigenvalue weighted by Gasteiger charge is -2.32. The molecule has 1 N–H and O–H groups in total. The van der Waals surface area contributed by atoms with Crippen LogP contribution in [0.15, 0.2) is 12.2 Å². The van der Waals surface area contributed by atoms with Crippen LogP contribution < -0.4 is 5.32 Å². The summed E-state index contributed by atoms with van der Waals surface area (Å²) in [6, 6.07) is 0.0407. The number of carbonyl (C=O) groups excluding carboxylic acids is 2. The summed E-state index contributed by atoms with van der Waals surface area (Å²) in [5.74, 6) is 0.0137. The van der Waals surface area contributed by atoms with Gasteiger partial charge in [0.2, 0.25) is 5.91 Å². The number of alkyl carbamates (subject to hydrolysis) is 1. The SMILES string of the molecule is CC.COC(=O)N[C@H]1C/C=C\C[C@@H]2CC[C@@H](C)N2C1=O. The molecule has 5 heteroatoms. The molecular weight excluding hydrogens is 256 g/mol. The zero-order chi connectivity index (χ0) is 15.1. The lowest BCUT2D eigenvalue weighted by Crippen LogP contribution is -2.52. The Hall–Kier alpha value is -1.52. The maximum atomic E-state index is 12.5. The molecule has 5 nitrogen and oxygen atoms in total. The average molecular weight is 282 g/mol. The van der Waals surface area contributed by atoms with Gasteiger partial charge >= 0.3 is 6.09 Å². The summed E-state index contributed by atoms with van der Waals surface area (Å²) in [6.07, 6.45) is 7.06. The van der Waals surface area contributed by atoms with Gasteiger partial charge in [-0.1, -0.05) is 26.0 Å². The lowest BCUT2D eigenvalue weighted by atomic mass is 10.0. The first-order valence-electron chi connectivity index (χ1n) is 7.45. The highest BCUT2D eigenvalue weighted by Gasteiger charge is 2.37. The fourth-order valence-corrected chi connectivity index (χ4v) is 2.79. The van der Waals surface area contributed by atoms with E-state index in [-0.39, 0.29) is 18.0 Å². The molecule has 0 bridgehead atoms. The maximum absolute atomic E-state index is 12.5. The third-order valence-electron chi connectivity index (χ3n) is 3.76. The van der Waals surface area contributed by atoms with Crippen molar-refractivity contribution < 1.29 is 14.3 Å². The zero-order valence-electron chi connectivity index (χ0n) is 12.9. The van der Waals surface area contributed by atoms with Crippen LogP contribution in [0.25, 0.3) is 0 Å². The Morgan fingerprint density at radius 2 is 1.95 bits per heavy atom. The number of nitrogens with one attached hydrogen (secondary N) is 1. The highest BCUT2D eigenvalue weighted by atomic mass is 16.5. The van der Waals surface area contributed by atoms with Gasteiger partial charge in [-0.2, -0.15) is 0 Å². The number of methoxy groups -OCH3 is 1. The molecule has 0 unspecified atom stereocenters. The van der Waals surface area contributed by atoms with Crippen molar-refractivity contribution in [1.82, 2.24) is 10.2 Å². The smallest absolute Gasteiger partial charge is 0.407 e. The Kier molecular flexibility index (Phi) is 6.55. The first kappa shape index (κ1) is 16.5. The molecular formula is C15H26N2O3. The molecule has 2 amide bonds. The van der Waals surface area contributed by atoms with E-state index in [1.54, 1.807) is 0 Å². The van der Waals surface area contributed by atoms with Crippen molar-refractivity contribution in [2.75, 3.05) is 7.11 Å². The van der Waals surface area contributed by atoms with Gasteiger partial charge in [0.25, 0.3) is 0 Å². The van der Waals surface area contributed by atoms with E-state index in [9.17, 15) is 9.59 Å². The summed E-state index contributed by atoms with van der Waals surface area (Å²) in [5, 5.41) is 2.62. The molecule has 114 valence electrons. The molecule has 2 aliphatic rings. The minimum absolute atomic E-state index is 0.0137. The number of fused-ring (bicyclic) bond motifs is 1. The van der Waals surface area contributed by atoms with Crippen LogP contribution in [0.5, 0.6) is 0 Å². The van der Waals surface area contributed by atoms with Crippen molar-refractivity contribution in [3.8, 4) is 0 Å². The Bertz CT molecular complexity index is 368. The van der Waals surface area contributed by atoms with Crippen molar-refractivity contribution in [2.45, 2.75) is 64.6 Å². The van der Waals surface area contributed by atoms with Crippen LogP contribution in [-0.4, -0.2) is 42.1 Å². The van der Waals surface area contributed by atoms with Crippen LogP contribution in [0.2, 0.25) is 0 Å². The van der Waals surface area contributed by atoms with Crippen LogP contribution in [0, 0.1) is 0 Å². The molecule has 0 spiro atoms. The van der Waals surface area contributed by atoms with Crippen LogP contribution in [0.4, 0.5) is 4.79 Å². The minimum atomic E-state index is -0.550. The van der Waals surface area contributed by atoms with Gasteiger partial charge in [0, 0.05) is 12.1 Å². The molecule has 2 heterocycles. The molecule has 2 aliphatic heterocycles. The first-order chi connectivity index (χ1) is 9.63. The largest absolute Gasteiger partial charge is 0.453 e. The Balaban J connectivity index is 0.000000956. The Morgan fingerprint density at radius 1 is 1.30 bits per heavy atom. The number of carbonyl (C=O) groups is 2. The van der Waals surface area contributed by atoms with E-state index in [0.29, 0.717) is 6.42 Å². The van der Waals surface area contributed by atoms with Gasteiger partial charge in [-0.05, 0) is 32.6 Å². The molecule has 1 saturated heterocycles. The quantitative estimate of drug-likeness (QED) is 0.752. The van der Waals surface area contributed by atoms with Gasteiger partial charge in [-0.15, -0.1) is 0 Å². The number of rotatable bonds is 1. The Morgan fingerprint density at radius 3 is 2.60 bits per heavy atom. The average Bonchev–Trinajstić information content (AvgIpc) is 2.82. The van der Waals surface area contributed by atoms with Crippen LogP contribution in [0.1, 0.15) is 46.5 Å². The van der Waals surface area contributed by atoms with Gasteiger partial charge in [0.05, 0.1) is 7.11 Å². The summed E-state index contributed by atoms with van der Waals surface area (Å²) in [7, 11) is 1.31. The number of nitrogens with zero attached hydrogens (tertiary/aromatic N) is 1. The first-order valence-corrected chi connectivity index (χ1v) is 7.45. The maximum Gasteiger partial charge on any atom is 0.407 e. The predicted octanol–water partition coefficient (Wildman–Crippen LogP) is 2.47. The van der Waals surface area contributed by atoms with Crippen molar-refractivity contribution in [2.24, 2.45) is 0 Å². The third-order valence-corrected chi connectivity index (χ3v) is 3.76. The molecule has 0 aliphatic carbocycles. The summed E-state index contributed by atoms with van der Waals surface area (Å²) in [6.45, 7) is 6.07. The fraction of sp³-hybridized carbons (Fsp3) is 0.733. The molecule has 0 aromatic rings. The van der Waals surface area contributed by atoms with E-state index in [2.05, 4.69) is 23.1 Å². The molecule has 1 fully saturated rings. The van der Waals surface area contributed by atoms with E-state index in [1.807, 2.05) is 24.8 Å². The molecule has 20 heavy (non-hydrogen) atoms. The fourth-order valence-electron chi connectivity index (χ4n) is 2.79. The third kappa shape index (κ3) is 3.74. The number of amides is 2. The van der Waals surface area contributed by atoms with Crippen molar-refractivity contribution in [3.05, 3.63) is 12.2 Å². The molecule has 0 aromatic carbocycles. The number of hydrogen-bond donors (Lipinski definition) is 1. The van der Waals surface area contributed by atoms with Crippen molar-refractivity contribution in [1.29, 1.82) is 0 Å². The number of ether oxygens (including phenoxy) is 1.